The van der Waals surface area contributed by atoms with Crippen LogP contribution in [0.15, 0.2) is 18.2 Å². The van der Waals surface area contributed by atoms with Gasteiger partial charge in [-0.15, -0.1) is 0 Å². The Morgan fingerprint density at radius 1 is 1.03 bits per heavy atom. The van der Waals surface area contributed by atoms with Crippen LogP contribution in [0, 0.1) is 10.1 Å². The highest BCUT2D eigenvalue weighted by molar-refractivity contribution is 5.98. The molecule has 8 nitrogen and oxygen atoms in total. The number of hydrogen-bond acceptors (Lipinski definition) is 6. The number of alkyl halides is 6. The van der Waals surface area contributed by atoms with Gasteiger partial charge in [0.15, 0.2) is 6.61 Å². The van der Waals surface area contributed by atoms with Crippen LogP contribution in [0.4, 0.5) is 32.0 Å². The minimum absolute atomic E-state index is 0.0738. The van der Waals surface area contributed by atoms with Crippen LogP contribution in [0.1, 0.15) is 16.8 Å². The molecule has 0 aliphatic carbocycles. The van der Waals surface area contributed by atoms with Crippen molar-refractivity contribution >= 4 is 11.6 Å². The first-order valence-corrected chi connectivity index (χ1v) is 9.50. The number of hydrogen-bond donors (Lipinski definition) is 0. The quantitative estimate of drug-likeness (QED) is 0.237. The fourth-order valence-corrected chi connectivity index (χ4v) is 3.02. The first kappa shape index (κ1) is 25.6. The molecule has 0 bridgehead atoms. The van der Waals surface area contributed by atoms with Crippen molar-refractivity contribution < 1.29 is 45.5 Å². The maximum atomic E-state index is 12.8. The van der Waals surface area contributed by atoms with E-state index in [0.29, 0.717) is 26.1 Å². The van der Waals surface area contributed by atoms with Crippen molar-refractivity contribution in [2.75, 3.05) is 52.5 Å². The van der Waals surface area contributed by atoms with Crippen molar-refractivity contribution in [3.63, 3.8) is 0 Å². The summed E-state index contributed by atoms with van der Waals surface area (Å²) < 4.78 is 82.2. The number of benzene rings is 1. The van der Waals surface area contributed by atoms with Gasteiger partial charge >= 0.3 is 12.4 Å². The SMILES string of the molecule is O=C(c1cc(OCC(F)(F)F)ccc1[N+](=O)[O-])N1CCN(CCCOCC(F)(F)F)CC1. The van der Waals surface area contributed by atoms with Crippen molar-refractivity contribution in [1.82, 2.24) is 9.80 Å². The van der Waals surface area contributed by atoms with Gasteiger partial charge in [0.05, 0.1) is 4.92 Å². The predicted molar refractivity (Wildman–Crippen MR) is 98.5 cm³/mol. The topological polar surface area (TPSA) is 85.1 Å². The molecule has 1 amide bonds. The summed E-state index contributed by atoms with van der Waals surface area (Å²) in [6, 6.07) is 2.81. The number of nitro groups is 1. The Morgan fingerprint density at radius 2 is 1.66 bits per heavy atom. The van der Waals surface area contributed by atoms with E-state index >= 15 is 0 Å². The molecule has 2 rings (SSSR count). The van der Waals surface area contributed by atoms with Gasteiger partial charge in [0, 0.05) is 45.4 Å². The van der Waals surface area contributed by atoms with Crippen molar-refractivity contribution in [1.29, 1.82) is 0 Å². The number of piperazine rings is 1. The zero-order valence-electron chi connectivity index (χ0n) is 16.7. The van der Waals surface area contributed by atoms with E-state index in [9.17, 15) is 41.3 Å². The molecule has 180 valence electrons. The lowest BCUT2D eigenvalue weighted by molar-refractivity contribution is -0.385. The largest absolute Gasteiger partial charge is 0.484 e. The molecular weight excluding hydrogens is 452 g/mol. The van der Waals surface area contributed by atoms with Crippen LogP contribution in [0.5, 0.6) is 5.75 Å². The summed E-state index contributed by atoms with van der Waals surface area (Å²) in [5.41, 5.74) is -0.942. The van der Waals surface area contributed by atoms with Gasteiger partial charge in [-0.05, 0) is 18.6 Å². The summed E-state index contributed by atoms with van der Waals surface area (Å²) in [5, 5.41) is 11.2. The molecule has 1 aliphatic rings. The summed E-state index contributed by atoms with van der Waals surface area (Å²) in [4.78, 5) is 26.4. The molecule has 0 aromatic heterocycles. The molecule has 1 aromatic carbocycles. The molecule has 1 heterocycles. The van der Waals surface area contributed by atoms with E-state index in [1.54, 1.807) is 0 Å². The third-order valence-electron chi connectivity index (χ3n) is 4.49. The highest BCUT2D eigenvalue weighted by Gasteiger charge is 2.31. The number of carbonyl (C=O) groups is 1. The molecule has 32 heavy (non-hydrogen) atoms. The Balaban J connectivity index is 1.92. The fourth-order valence-electron chi connectivity index (χ4n) is 3.02. The number of nitrogens with zero attached hydrogens (tertiary/aromatic N) is 3. The van der Waals surface area contributed by atoms with Crippen LogP contribution < -0.4 is 4.74 Å². The first-order chi connectivity index (χ1) is 14.9. The maximum Gasteiger partial charge on any atom is 0.422 e. The standard InChI is InChI=1S/C18H21F6N3O5/c19-17(20,21)11-31-9-1-4-25-5-7-26(8-6-25)16(28)14-10-13(32-12-18(22,23)24)2-3-15(14)27(29)30/h2-3,10H,1,4-9,11-12H2. The summed E-state index contributed by atoms with van der Waals surface area (Å²) >= 11 is 0. The van der Waals surface area contributed by atoms with E-state index in [1.165, 1.54) is 4.90 Å². The lowest BCUT2D eigenvalue weighted by Gasteiger charge is -2.34. The Bertz CT molecular complexity index is 794. The van der Waals surface area contributed by atoms with Gasteiger partial charge in [0.25, 0.3) is 11.6 Å². The molecular formula is C18H21F6N3O5. The molecule has 0 radical (unpaired) electrons. The summed E-state index contributed by atoms with van der Waals surface area (Å²) in [6.07, 6.45) is -8.64. The number of ether oxygens (including phenoxy) is 2. The molecule has 1 saturated heterocycles. The Kier molecular flexibility index (Phi) is 8.66. The highest BCUT2D eigenvalue weighted by atomic mass is 19.4. The molecule has 0 N–H and O–H groups in total. The van der Waals surface area contributed by atoms with Crippen molar-refractivity contribution in [3.8, 4) is 5.75 Å². The normalized spacial score (nSPS) is 15.6. The van der Waals surface area contributed by atoms with Crippen molar-refractivity contribution in [2.45, 2.75) is 18.8 Å². The monoisotopic (exact) mass is 473 g/mol. The Hall–Kier alpha value is -2.61. The second kappa shape index (κ2) is 10.8. The van der Waals surface area contributed by atoms with Crippen LogP contribution in [0.25, 0.3) is 0 Å². The third-order valence-corrected chi connectivity index (χ3v) is 4.49. The summed E-state index contributed by atoms with van der Waals surface area (Å²) in [7, 11) is 0. The van der Waals surface area contributed by atoms with Gasteiger partial charge in [-0.3, -0.25) is 19.8 Å². The second-order valence-corrected chi connectivity index (χ2v) is 7.00. The van der Waals surface area contributed by atoms with E-state index in [1.807, 2.05) is 4.90 Å². The molecule has 0 unspecified atom stereocenters. The summed E-state index contributed by atoms with van der Waals surface area (Å²) in [5.74, 6) is -1.05. The van der Waals surface area contributed by atoms with E-state index in [-0.39, 0.29) is 31.0 Å². The third kappa shape index (κ3) is 8.49. The summed E-state index contributed by atoms with van der Waals surface area (Å²) in [6.45, 7) is -1.42. The Morgan fingerprint density at radius 3 is 2.22 bits per heavy atom. The molecule has 1 aliphatic heterocycles. The van der Waals surface area contributed by atoms with Gasteiger partial charge in [-0.25, -0.2) is 0 Å². The Labute approximate surface area is 178 Å². The zero-order valence-corrected chi connectivity index (χ0v) is 16.7. The highest BCUT2D eigenvalue weighted by Crippen LogP contribution is 2.27. The lowest BCUT2D eigenvalue weighted by Crippen LogP contribution is -2.49. The molecule has 0 saturated carbocycles. The molecule has 0 atom stereocenters. The van der Waals surface area contributed by atoms with Crippen LogP contribution in [0.2, 0.25) is 0 Å². The average molecular weight is 473 g/mol. The molecule has 0 spiro atoms. The molecule has 1 fully saturated rings. The number of halogens is 6. The van der Waals surface area contributed by atoms with Crippen LogP contribution in [-0.2, 0) is 4.74 Å². The van der Waals surface area contributed by atoms with Crippen LogP contribution in [0.3, 0.4) is 0 Å². The van der Waals surface area contributed by atoms with Gasteiger partial charge in [-0.2, -0.15) is 26.3 Å². The molecule has 14 heteroatoms. The molecule has 1 aromatic rings. The van der Waals surface area contributed by atoms with Gasteiger partial charge in [-0.1, -0.05) is 0 Å². The first-order valence-electron chi connectivity index (χ1n) is 9.50. The maximum absolute atomic E-state index is 12.8. The average Bonchev–Trinajstić information content (AvgIpc) is 2.70. The second-order valence-electron chi connectivity index (χ2n) is 7.00. The number of carbonyl (C=O) groups excluding carboxylic acids is 1. The zero-order chi connectivity index (χ0) is 23.9. The van der Waals surface area contributed by atoms with Crippen LogP contribution >= 0.6 is 0 Å². The number of nitro benzene ring substituents is 1. The van der Waals surface area contributed by atoms with Gasteiger partial charge in [0.1, 0.15) is 17.9 Å². The lowest BCUT2D eigenvalue weighted by atomic mass is 10.1. The van der Waals surface area contributed by atoms with Crippen molar-refractivity contribution in [2.24, 2.45) is 0 Å². The van der Waals surface area contributed by atoms with Gasteiger partial charge < -0.3 is 14.4 Å². The number of rotatable bonds is 9. The fraction of sp³-hybridized carbons (Fsp3) is 0.611. The minimum atomic E-state index is -4.61. The van der Waals surface area contributed by atoms with E-state index in [4.69, 9.17) is 0 Å². The van der Waals surface area contributed by atoms with E-state index in [0.717, 1.165) is 18.2 Å². The van der Waals surface area contributed by atoms with Gasteiger partial charge in [0.2, 0.25) is 0 Å². The van der Waals surface area contributed by atoms with E-state index in [2.05, 4.69) is 9.47 Å². The predicted octanol–water partition coefficient (Wildman–Crippen LogP) is 3.26. The van der Waals surface area contributed by atoms with Crippen LogP contribution in [-0.4, -0.2) is 85.5 Å². The minimum Gasteiger partial charge on any atom is -0.484 e. The van der Waals surface area contributed by atoms with Crippen molar-refractivity contribution in [3.05, 3.63) is 33.9 Å². The smallest absolute Gasteiger partial charge is 0.422 e. The van der Waals surface area contributed by atoms with E-state index < -0.39 is 42.1 Å². The number of amides is 1.